The third-order valence-electron chi connectivity index (χ3n) is 3.28. The predicted octanol–water partition coefficient (Wildman–Crippen LogP) is 3.59. The Morgan fingerprint density at radius 3 is 2.60 bits per heavy atom. The molecule has 1 atom stereocenters. The highest BCUT2D eigenvalue weighted by molar-refractivity contribution is 5.36. The fourth-order valence-electron chi connectivity index (χ4n) is 2.05. The molecule has 1 aliphatic carbocycles. The molecule has 4 heteroatoms. The van der Waals surface area contributed by atoms with Crippen molar-refractivity contribution in [3.8, 4) is 5.75 Å². The number of ether oxygens (including phenoxy) is 1. The van der Waals surface area contributed by atoms with E-state index in [9.17, 15) is 13.9 Å². The highest BCUT2D eigenvalue weighted by Gasteiger charge is 2.24. The smallest absolute Gasteiger partial charge is 0.164 e. The quantitative estimate of drug-likeness (QED) is 0.924. The van der Waals surface area contributed by atoms with E-state index < -0.39 is 17.7 Å². The lowest BCUT2D eigenvalue weighted by atomic mass is 10.0. The van der Waals surface area contributed by atoms with E-state index in [1.165, 1.54) is 12.1 Å². The lowest BCUT2D eigenvalue weighted by Crippen LogP contribution is -2.05. The minimum atomic E-state index is -1.21. The molecule has 0 saturated heterocycles. The summed E-state index contributed by atoms with van der Waals surface area (Å²) in [7, 11) is 0. The molecule has 0 aromatic heterocycles. The van der Waals surface area contributed by atoms with Crippen LogP contribution in [0.5, 0.6) is 5.75 Å². The largest absolute Gasteiger partial charge is 0.490 e. The fraction of sp³-hybridized carbons (Fsp3) is 0.250. The van der Waals surface area contributed by atoms with Gasteiger partial charge in [-0.15, -0.1) is 0 Å². The van der Waals surface area contributed by atoms with Crippen molar-refractivity contribution in [2.75, 3.05) is 0 Å². The Bertz CT molecular complexity index is 624. The van der Waals surface area contributed by atoms with Gasteiger partial charge in [0.1, 0.15) is 11.9 Å². The first-order valence-corrected chi connectivity index (χ1v) is 6.54. The van der Waals surface area contributed by atoms with Crippen LogP contribution in [0.2, 0.25) is 0 Å². The van der Waals surface area contributed by atoms with Crippen molar-refractivity contribution in [2.45, 2.75) is 25.0 Å². The van der Waals surface area contributed by atoms with Gasteiger partial charge >= 0.3 is 0 Å². The molecule has 0 bridgehead atoms. The zero-order valence-corrected chi connectivity index (χ0v) is 10.7. The first-order valence-electron chi connectivity index (χ1n) is 6.54. The molecule has 2 aromatic rings. The van der Waals surface area contributed by atoms with Crippen molar-refractivity contribution in [2.24, 2.45) is 0 Å². The van der Waals surface area contributed by atoms with Gasteiger partial charge in [-0.2, -0.15) is 0 Å². The van der Waals surface area contributed by atoms with Crippen LogP contribution in [-0.2, 0) is 0 Å². The average Bonchev–Trinajstić information content (AvgIpc) is 3.25. The van der Waals surface area contributed by atoms with E-state index in [1.54, 1.807) is 24.3 Å². The summed E-state index contributed by atoms with van der Waals surface area (Å²) in [6, 6.07) is 10.6. The molecule has 1 unspecified atom stereocenters. The maximum atomic E-state index is 13.7. The SMILES string of the molecule is OC(c1cccc(OC2CC2)c1)c1cccc(F)c1F. The first kappa shape index (κ1) is 13.1. The summed E-state index contributed by atoms with van der Waals surface area (Å²) in [4.78, 5) is 0. The Hall–Kier alpha value is -1.94. The molecule has 1 aliphatic rings. The lowest BCUT2D eigenvalue weighted by Gasteiger charge is -2.14. The van der Waals surface area contributed by atoms with Crippen molar-refractivity contribution in [1.29, 1.82) is 0 Å². The van der Waals surface area contributed by atoms with Gasteiger partial charge in [-0.3, -0.25) is 0 Å². The van der Waals surface area contributed by atoms with Gasteiger partial charge in [0.05, 0.1) is 6.10 Å². The van der Waals surface area contributed by atoms with Gasteiger partial charge < -0.3 is 9.84 Å². The van der Waals surface area contributed by atoms with Crippen LogP contribution in [0.1, 0.15) is 30.1 Å². The summed E-state index contributed by atoms with van der Waals surface area (Å²) < 4.78 is 32.5. The third kappa shape index (κ3) is 2.65. The fourth-order valence-corrected chi connectivity index (χ4v) is 2.05. The summed E-state index contributed by atoms with van der Waals surface area (Å²) >= 11 is 0. The van der Waals surface area contributed by atoms with E-state index in [2.05, 4.69) is 0 Å². The number of aliphatic hydroxyl groups is 1. The zero-order chi connectivity index (χ0) is 14.1. The number of halogens is 2. The number of hydrogen-bond acceptors (Lipinski definition) is 2. The molecule has 0 aliphatic heterocycles. The first-order chi connectivity index (χ1) is 9.65. The Labute approximate surface area is 115 Å². The highest BCUT2D eigenvalue weighted by atomic mass is 19.2. The van der Waals surface area contributed by atoms with Crippen molar-refractivity contribution >= 4 is 0 Å². The van der Waals surface area contributed by atoms with Gasteiger partial charge in [0.25, 0.3) is 0 Å². The number of benzene rings is 2. The molecule has 104 valence electrons. The van der Waals surface area contributed by atoms with Crippen LogP contribution >= 0.6 is 0 Å². The van der Waals surface area contributed by atoms with Crippen LogP contribution in [0.4, 0.5) is 8.78 Å². The van der Waals surface area contributed by atoms with Crippen molar-refractivity contribution < 1.29 is 18.6 Å². The maximum absolute atomic E-state index is 13.7. The van der Waals surface area contributed by atoms with E-state index in [-0.39, 0.29) is 11.7 Å². The molecule has 0 radical (unpaired) electrons. The Kier molecular flexibility index (Phi) is 3.40. The summed E-state index contributed by atoms with van der Waals surface area (Å²) in [5.41, 5.74) is 0.404. The topological polar surface area (TPSA) is 29.5 Å². The normalized spacial score (nSPS) is 15.9. The van der Waals surface area contributed by atoms with Crippen LogP contribution in [0.25, 0.3) is 0 Å². The number of aliphatic hydroxyl groups excluding tert-OH is 1. The Morgan fingerprint density at radius 1 is 1.10 bits per heavy atom. The average molecular weight is 276 g/mol. The predicted molar refractivity (Wildman–Crippen MR) is 70.5 cm³/mol. The second-order valence-electron chi connectivity index (χ2n) is 4.94. The zero-order valence-electron chi connectivity index (χ0n) is 10.7. The van der Waals surface area contributed by atoms with Gasteiger partial charge in [-0.1, -0.05) is 24.3 Å². The standard InChI is InChI=1S/C16H14F2O2/c17-14-6-2-5-13(15(14)18)16(19)10-3-1-4-12(9-10)20-11-7-8-11/h1-6,9,11,16,19H,7-8H2. The van der Waals surface area contributed by atoms with Crippen LogP contribution in [0.3, 0.4) is 0 Å². The van der Waals surface area contributed by atoms with Gasteiger partial charge in [0, 0.05) is 5.56 Å². The van der Waals surface area contributed by atoms with Crippen molar-refractivity contribution in [1.82, 2.24) is 0 Å². The molecule has 0 amide bonds. The number of hydrogen-bond donors (Lipinski definition) is 1. The molecule has 2 nitrogen and oxygen atoms in total. The van der Waals surface area contributed by atoms with Crippen LogP contribution in [0, 0.1) is 11.6 Å². The summed E-state index contributed by atoms with van der Waals surface area (Å²) in [5, 5.41) is 10.2. The Morgan fingerprint density at radius 2 is 1.85 bits per heavy atom. The lowest BCUT2D eigenvalue weighted by molar-refractivity contribution is 0.212. The molecule has 0 spiro atoms. The van der Waals surface area contributed by atoms with Crippen molar-refractivity contribution in [3.05, 3.63) is 65.2 Å². The van der Waals surface area contributed by atoms with Gasteiger partial charge in [0.15, 0.2) is 11.6 Å². The molecule has 1 saturated carbocycles. The third-order valence-corrected chi connectivity index (χ3v) is 3.28. The van der Waals surface area contributed by atoms with Crippen molar-refractivity contribution in [3.63, 3.8) is 0 Å². The number of rotatable bonds is 4. The molecule has 1 fully saturated rings. The molecule has 20 heavy (non-hydrogen) atoms. The molecule has 2 aromatic carbocycles. The second-order valence-corrected chi connectivity index (χ2v) is 4.94. The van der Waals surface area contributed by atoms with E-state index in [0.717, 1.165) is 18.9 Å². The molecule has 3 rings (SSSR count). The maximum Gasteiger partial charge on any atom is 0.164 e. The highest BCUT2D eigenvalue weighted by Crippen LogP contribution is 2.31. The van der Waals surface area contributed by atoms with Gasteiger partial charge in [-0.05, 0) is 36.6 Å². The van der Waals surface area contributed by atoms with Crippen LogP contribution in [0.15, 0.2) is 42.5 Å². The minimum Gasteiger partial charge on any atom is -0.490 e. The monoisotopic (exact) mass is 276 g/mol. The second kappa shape index (κ2) is 5.21. The molecular weight excluding hydrogens is 262 g/mol. The van der Waals surface area contributed by atoms with E-state index in [0.29, 0.717) is 11.3 Å². The molecule has 1 N–H and O–H groups in total. The summed E-state index contributed by atoms with van der Waals surface area (Å²) in [6.07, 6.45) is 1.10. The summed E-state index contributed by atoms with van der Waals surface area (Å²) in [6.45, 7) is 0. The van der Waals surface area contributed by atoms with E-state index in [1.807, 2.05) is 0 Å². The van der Waals surface area contributed by atoms with E-state index >= 15 is 0 Å². The minimum absolute atomic E-state index is 0.0754. The summed E-state index contributed by atoms with van der Waals surface area (Å²) in [5.74, 6) is -1.35. The van der Waals surface area contributed by atoms with Gasteiger partial charge in [-0.25, -0.2) is 8.78 Å². The molecular formula is C16H14F2O2. The van der Waals surface area contributed by atoms with E-state index in [4.69, 9.17) is 4.74 Å². The van der Waals surface area contributed by atoms with Crippen LogP contribution < -0.4 is 4.74 Å². The molecule has 0 heterocycles. The van der Waals surface area contributed by atoms with Gasteiger partial charge in [0.2, 0.25) is 0 Å². The Balaban J connectivity index is 1.89. The van der Waals surface area contributed by atoms with Crippen LogP contribution in [-0.4, -0.2) is 11.2 Å².